The topological polar surface area (TPSA) is 37.6 Å². The maximum absolute atomic E-state index is 12.4. The molecule has 0 aliphatic carbocycles. The van der Waals surface area contributed by atoms with Crippen LogP contribution in [0.5, 0.6) is 0 Å². The second-order valence-corrected chi connectivity index (χ2v) is 6.81. The first kappa shape index (κ1) is 12.1. The van der Waals surface area contributed by atoms with Crippen LogP contribution in [0.3, 0.4) is 0 Å². The highest BCUT2D eigenvalue weighted by atomic mass is 32.1. The van der Waals surface area contributed by atoms with Gasteiger partial charge in [0.15, 0.2) is 4.96 Å². The van der Waals surface area contributed by atoms with Crippen molar-refractivity contribution < 1.29 is 4.79 Å². The zero-order chi connectivity index (χ0) is 13.5. The summed E-state index contributed by atoms with van der Waals surface area (Å²) in [6, 6.07) is 2.13. The van der Waals surface area contributed by atoms with Gasteiger partial charge in [0, 0.05) is 35.7 Å². The second-order valence-electron chi connectivity index (χ2n) is 4.94. The van der Waals surface area contributed by atoms with Gasteiger partial charge in [0.05, 0.1) is 12.1 Å². The van der Waals surface area contributed by atoms with Crippen molar-refractivity contribution in [1.29, 1.82) is 0 Å². The van der Waals surface area contributed by atoms with Crippen LogP contribution in [0.1, 0.15) is 16.1 Å². The minimum absolute atomic E-state index is 0.174. The van der Waals surface area contributed by atoms with Crippen LogP contribution < -0.4 is 0 Å². The summed E-state index contributed by atoms with van der Waals surface area (Å²) in [6.45, 7) is 1.58. The molecule has 4 nitrogen and oxygen atoms in total. The fraction of sp³-hybridized carbons (Fsp3) is 0.286. The molecule has 3 aromatic rings. The van der Waals surface area contributed by atoms with Crippen molar-refractivity contribution in [3.05, 3.63) is 45.4 Å². The SMILES string of the molecule is O=C(Cc1cn2ccsc2n1)N1CCc2sccc2C1. The quantitative estimate of drug-likeness (QED) is 0.730. The van der Waals surface area contributed by atoms with Gasteiger partial charge >= 0.3 is 0 Å². The molecule has 1 aliphatic rings. The number of amides is 1. The molecule has 4 rings (SSSR count). The Balaban J connectivity index is 1.49. The van der Waals surface area contributed by atoms with Gasteiger partial charge in [-0.15, -0.1) is 22.7 Å². The number of carbonyl (C=O) groups is 1. The molecule has 1 aliphatic heterocycles. The molecule has 0 N–H and O–H groups in total. The van der Waals surface area contributed by atoms with Gasteiger partial charge < -0.3 is 4.90 Å². The molecule has 20 heavy (non-hydrogen) atoms. The number of imidazole rings is 1. The maximum Gasteiger partial charge on any atom is 0.228 e. The highest BCUT2D eigenvalue weighted by Crippen LogP contribution is 2.24. The van der Waals surface area contributed by atoms with Gasteiger partial charge in [-0.25, -0.2) is 4.98 Å². The number of aromatic nitrogens is 2. The Hall–Kier alpha value is -1.66. The van der Waals surface area contributed by atoms with Crippen molar-refractivity contribution in [1.82, 2.24) is 14.3 Å². The van der Waals surface area contributed by atoms with Crippen LogP contribution >= 0.6 is 22.7 Å². The molecule has 0 saturated heterocycles. The normalized spacial score (nSPS) is 14.7. The summed E-state index contributed by atoms with van der Waals surface area (Å²) in [6.07, 6.45) is 5.30. The molecule has 0 fully saturated rings. The number of fused-ring (bicyclic) bond motifs is 2. The Morgan fingerprint density at radius 2 is 2.30 bits per heavy atom. The van der Waals surface area contributed by atoms with Crippen LogP contribution in [0, 0.1) is 0 Å². The number of carbonyl (C=O) groups excluding carboxylic acids is 1. The Kier molecular flexibility index (Phi) is 2.85. The third-order valence-electron chi connectivity index (χ3n) is 3.64. The van der Waals surface area contributed by atoms with E-state index in [-0.39, 0.29) is 5.91 Å². The predicted octanol–water partition coefficient (Wildman–Crippen LogP) is 2.58. The lowest BCUT2D eigenvalue weighted by molar-refractivity contribution is -0.131. The van der Waals surface area contributed by atoms with E-state index in [1.165, 1.54) is 10.4 Å². The second kappa shape index (κ2) is 4.71. The van der Waals surface area contributed by atoms with Crippen molar-refractivity contribution in [2.75, 3.05) is 6.54 Å². The van der Waals surface area contributed by atoms with Gasteiger partial charge in [-0.05, 0) is 23.4 Å². The summed E-state index contributed by atoms with van der Waals surface area (Å²) in [5, 5.41) is 4.11. The largest absolute Gasteiger partial charge is 0.338 e. The van der Waals surface area contributed by atoms with E-state index in [1.807, 2.05) is 27.1 Å². The first-order valence-corrected chi connectivity index (χ1v) is 8.29. The monoisotopic (exact) mass is 303 g/mol. The minimum atomic E-state index is 0.174. The molecule has 1 amide bonds. The standard InChI is InChI=1S/C14H13N3OS2/c18-13(7-11-9-17-4-6-20-14(17)15-11)16-3-1-12-10(8-16)2-5-19-12/h2,4-6,9H,1,3,7-8H2. The smallest absolute Gasteiger partial charge is 0.228 e. The van der Waals surface area contributed by atoms with Gasteiger partial charge in [0.1, 0.15) is 0 Å². The molecule has 0 unspecified atom stereocenters. The summed E-state index contributed by atoms with van der Waals surface area (Å²) in [5.41, 5.74) is 2.17. The molecule has 6 heteroatoms. The van der Waals surface area contributed by atoms with Crippen LogP contribution in [0.4, 0.5) is 0 Å². The highest BCUT2D eigenvalue weighted by Gasteiger charge is 2.22. The zero-order valence-corrected chi connectivity index (χ0v) is 12.4. The predicted molar refractivity (Wildman–Crippen MR) is 80.2 cm³/mol. The first-order valence-electron chi connectivity index (χ1n) is 6.54. The maximum atomic E-state index is 12.4. The summed E-state index contributed by atoms with van der Waals surface area (Å²) >= 11 is 3.39. The van der Waals surface area contributed by atoms with E-state index >= 15 is 0 Å². The zero-order valence-electron chi connectivity index (χ0n) is 10.8. The molecule has 3 aromatic heterocycles. The average Bonchev–Trinajstić information content (AvgIpc) is 3.11. The number of thiophene rings is 1. The van der Waals surface area contributed by atoms with E-state index in [4.69, 9.17) is 0 Å². The minimum Gasteiger partial charge on any atom is -0.338 e. The van der Waals surface area contributed by atoms with Crippen molar-refractivity contribution >= 4 is 33.5 Å². The van der Waals surface area contributed by atoms with E-state index in [2.05, 4.69) is 16.4 Å². The number of hydrogen-bond donors (Lipinski definition) is 0. The molecular weight excluding hydrogens is 290 g/mol. The van der Waals surface area contributed by atoms with Gasteiger partial charge in [0.25, 0.3) is 0 Å². The van der Waals surface area contributed by atoms with Crippen molar-refractivity contribution in [2.45, 2.75) is 19.4 Å². The molecule has 0 radical (unpaired) electrons. The summed E-state index contributed by atoms with van der Waals surface area (Å²) in [7, 11) is 0. The Morgan fingerprint density at radius 3 is 3.20 bits per heavy atom. The molecule has 0 saturated carbocycles. The Bertz CT molecular complexity index is 742. The van der Waals surface area contributed by atoms with E-state index in [0.29, 0.717) is 6.42 Å². The lowest BCUT2D eigenvalue weighted by atomic mass is 10.1. The highest BCUT2D eigenvalue weighted by molar-refractivity contribution is 7.15. The Morgan fingerprint density at radius 1 is 1.35 bits per heavy atom. The molecule has 102 valence electrons. The van der Waals surface area contributed by atoms with Gasteiger partial charge in [-0.2, -0.15) is 0 Å². The number of rotatable bonds is 2. The lowest BCUT2D eigenvalue weighted by Gasteiger charge is -2.26. The average molecular weight is 303 g/mol. The first-order chi connectivity index (χ1) is 9.79. The van der Waals surface area contributed by atoms with E-state index in [1.54, 1.807) is 22.7 Å². The molecular formula is C14H13N3OS2. The molecule has 4 heterocycles. The Labute approximate surface area is 124 Å². The van der Waals surface area contributed by atoms with Crippen molar-refractivity contribution in [3.63, 3.8) is 0 Å². The molecule has 0 atom stereocenters. The number of nitrogens with zero attached hydrogens (tertiary/aromatic N) is 3. The van der Waals surface area contributed by atoms with Crippen LogP contribution in [-0.2, 0) is 24.2 Å². The van der Waals surface area contributed by atoms with Crippen LogP contribution in [0.25, 0.3) is 4.96 Å². The van der Waals surface area contributed by atoms with Crippen molar-refractivity contribution in [2.24, 2.45) is 0 Å². The summed E-state index contributed by atoms with van der Waals surface area (Å²) < 4.78 is 1.97. The number of hydrogen-bond acceptors (Lipinski definition) is 4. The van der Waals surface area contributed by atoms with Crippen LogP contribution in [0.15, 0.2) is 29.2 Å². The third-order valence-corrected chi connectivity index (χ3v) is 5.43. The van der Waals surface area contributed by atoms with Gasteiger partial charge in [-0.3, -0.25) is 9.20 Å². The fourth-order valence-electron chi connectivity index (χ4n) is 2.59. The van der Waals surface area contributed by atoms with E-state index in [9.17, 15) is 4.79 Å². The lowest BCUT2D eigenvalue weighted by Crippen LogP contribution is -2.36. The van der Waals surface area contributed by atoms with Gasteiger partial charge in [0.2, 0.25) is 5.91 Å². The van der Waals surface area contributed by atoms with E-state index < -0.39 is 0 Å². The third kappa shape index (κ3) is 2.05. The van der Waals surface area contributed by atoms with E-state index in [0.717, 1.165) is 30.2 Å². The molecule has 0 bridgehead atoms. The van der Waals surface area contributed by atoms with Crippen LogP contribution in [0.2, 0.25) is 0 Å². The summed E-state index contributed by atoms with van der Waals surface area (Å²) in [4.78, 5) is 21.2. The molecule has 0 aromatic carbocycles. The van der Waals surface area contributed by atoms with Crippen LogP contribution in [-0.4, -0.2) is 26.7 Å². The fourth-order valence-corrected chi connectivity index (χ4v) is 4.20. The summed E-state index contributed by atoms with van der Waals surface area (Å²) in [5.74, 6) is 0.174. The van der Waals surface area contributed by atoms with Gasteiger partial charge in [-0.1, -0.05) is 0 Å². The van der Waals surface area contributed by atoms with Crippen molar-refractivity contribution in [3.8, 4) is 0 Å². The molecule has 0 spiro atoms. The number of thiazole rings is 1.